The molecule has 7 nitrogen and oxygen atoms in total. The molecule has 1 fully saturated rings. The second-order valence-electron chi connectivity index (χ2n) is 6.57. The van der Waals surface area contributed by atoms with Crippen LogP contribution in [0.5, 0.6) is 5.75 Å². The molecule has 0 amide bonds. The molecule has 0 aromatic heterocycles. The highest BCUT2D eigenvalue weighted by molar-refractivity contribution is 7.89. The van der Waals surface area contributed by atoms with E-state index in [1.165, 1.54) is 47.8 Å². The molecular weight excluding hydrogens is 449 g/mol. The molecule has 0 bridgehead atoms. The molecule has 0 saturated carbocycles. The van der Waals surface area contributed by atoms with Crippen molar-refractivity contribution in [3.05, 3.63) is 64.4 Å². The number of sulfonamides is 1. The average molecular weight is 470 g/mol. The molecule has 0 N–H and O–H groups in total. The number of methoxy groups -OCH3 is 1. The lowest BCUT2D eigenvalue weighted by Crippen LogP contribution is -2.40. The third-order valence-corrected chi connectivity index (χ3v) is 6.88. The van der Waals surface area contributed by atoms with Gasteiger partial charge in [0, 0.05) is 24.7 Å². The maximum Gasteiger partial charge on any atom is 0.331 e. The van der Waals surface area contributed by atoms with Crippen molar-refractivity contribution >= 4 is 33.7 Å². The summed E-state index contributed by atoms with van der Waals surface area (Å²) in [4.78, 5) is 12.0. The highest BCUT2D eigenvalue weighted by Gasteiger charge is 2.29. The maximum absolute atomic E-state index is 13.8. The van der Waals surface area contributed by atoms with Gasteiger partial charge >= 0.3 is 5.97 Å². The van der Waals surface area contributed by atoms with Gasteiger partial charge in [-0.3, -0.25) is 0 Å². The smallest absolute Gasteiger partial charge is 0.331 e. The minimum absolute atomic E-state index is 0.00874. The number of halogens is 2. The standard InChI is InChI=1S/C21H21ClFNO6S/c1-28-19-7-5-15(13-20(19)31(26,27)24-9-11-29-12-10-24)6-8-21(25)30-14-16-17(22)3-2-4-18(16)23/h2-8,13H,9-12,14H2,1H3. The number of esters is 1. The lowest BCUT2D eigenvalue weighted by Gasteiger charge is -2.26. The lowest BCUT2D eigenvalue weighted by molar-refractivity contribution is -0.138. The molecule has 0 atom stereocenters. The van der Waals surface area contributed by atoms with Gasteiger partial charge in [0.15, 0.2) is 0 Å². The molecule has 166 valence electrons. The summed E-state index contributed by atoms with van der Waals surface area (Å²) in [7, 11) is -2.42. The summed E-state index contributed by atoms with van der Waals surface area (Å²) in [6, 6.07) is 8.71. The highest BCUT2D eigenvalue weighted by atomic mass is 35.5. The number of hydrogen-bond donors (Lipinski definition) is 0. The molecule has 10 heteroatoms. The van der Waals surface area contributed by atoms with Gasteiger partial charge in [-0.15, -0.1) is 0 Å². The number of nitrogens with zero attached hydrogens (tertiary/aromatic N) is 1. The predicted molar refractivity (Wildman–Crippen MR) is 113 cm³/mol. The van der Waals surface area contributed by atoms with Crippen LogP contribution in [0.3, 0.4) is 0 Å². The molecule has 0 unspecified atom stereocenters. The van der Waals surface area contributed by atoms with Gasteiger partial charge in [0.05, 0.1) is 25.3 Å². The van der Waals surface area contributed by atoms with Crippen LogP contribution in [0, 0.1) is 5.82 Å². The number of ether oxygens (including phenoxy) is 3. The number of carbonyl (C=O) groups excluding carboxylic acids is 1. The second-order valence-corrected chi connectivity index (χ2v) is 8.88. The van der Waals surface area contributed by atoms with Gasteiger partial charge in [0.1, 0.15) is 23.1 Å². The van der Waals surface area contributed by atoms with Crippen molar-refractivity contribution in [3.63, 3.8) is 0 Å². The summed E-state index contributed by atoms with van der Waals surface area (Å²) in [5, 5.41) is 0.157. The molecule has 2 aromatic carbocycles. The second kappa shape index (κ2) is 10.2. The van der Waals surface area contributed by atoms with E-state index in [9.17, 15) is 17.6 Å². The topological polar surface area (TPSA) is 82.1 Å². The zero-order valence-corrected chi connectivity index (χ0v) is 18.3. The van der Waals surface area contributed by atoms with Gasteiger partial charge in [-0.1, -0.05) is 23.7 Å². The Labute approximate surface area is 185 Å². The zero-order chi connectivity index (χ0) is 22.4. The Morgan fingerprint density at radius 3 is 2.68 bits per heavy atom. The van der Waals surface area contributed by atoms with Crippen molar-refractivity contribution in [2.24, 2.45) is 0 Å². The normalized spacial score (nSPS) is 15.2. The molecule has 1 aliphatic rings. The maximum atomic E-state index is 13.8. The van der Waals surface area contributed by atoms with Gasteiger partial charge < -0.3 is 14.2 Å². The van der Waals surface area contributed by atoms with Gasteiger partial charge in [-0.25, -0.2) is 17.6 Å². The minimum Gasteiger partial charge on any atom is -0.495 e. The highest BCUT2D eigenvalue weighted by Crippen LogP contribution is 2.29. The summed E-state index contributed by atoms with van der Waals surface area (Å²) in [6.07, 6.45) is 2.53. The van der Waals surface area contributed by atoms with Crippen LogP contribution in [-0.4, -0.2) is 52.1 Å². The molecule has 0 spiro atoms. The first-order chi connectivity index (χ1) is 14.8. The van der Waals surface area contributed by atoms with Crippen LogP contribution in [0.25, 0.3) is 6.08 Å². The fourth-order valence-electron chi connectivity index (χ4n) is 2.95. The summed E-state index contributed by atoms with van der Waals surface area (Å²) < 4.78 is 56.6. The predicted octanol–water partition coefficient (Wildman–Crippen LogP) is 3.27. The largest absolute Gasteiger partial charge is 0.495 e. The number of carbonyl (C=O) groups is 1. The average Bonchev–Trinajstić information content (AvgIpc) is 2.77. The lowest BCUT2D eigenvalue weighted by atomic mass is 10.2. The van der Waals surface area contributed by atoms with Crippen LogP contribution in [0.4, 0.5) is 4.39 Å². The van der Waals surface area contributed by atoms with E-state index in [2.05, 4.69) is 0 Å². The molecule has 31 heavy (non-hydrogen) atoms. The fourth-order valence-corrected chi connectivity index (χ4v) is 4.77. The minimum atomic E-state index is -3.80. The van der Waals surface area contributed by atoms with Crippen LogP contribution in [0.2, 0.25) is 5.02 Å². The number of rotatable bonds is 7. The van der Waals surface area contributed by atoms with Crippen LogP contribution >= 0.6 is 11.6 Å². The van der Waals surface area contributed by atoms with Crippen molar-refractivity contribution < 1.29 is 31.8 Å². The third kappa shape index (κ3) is 5.62. The first-order valence-corrected chi connectivity index (χ1v) is 11.2. The van der Waals surface area contributed by atoms with E-state index in [-0.39, 0.29) is 40.9 Å². The monoisotopic (exact) mass is 469 g/mol. The molecule has 2 aromatic rings. The first kappa shape index (κ1) is 23.2. The van der Waals surface area contributed by atoms with Crippen LogP contribution in [0.1, 0.15) is 11.1 Å². The molecule has 1 heterocycles. The molecule has 1 aliphatic heterocycles. The van der Waals surface area contributed by atoms with Crippen molar-refractivity contribution in [1.82, 2.24) is 4.31 Å². The Morgan fingerprint density at radius 2 is 2.00 bits per heavy atom. The Hall–Kier alpha value is -2.46. The summed E-state index contributed by atoms with van der Waals surface area (Å²) in [6.45, 7) is 0.804. The van der Waals surface area contributed by atoms with Gasteiger partial charge in [-0.2, -0.15) is 4.31 Å². The van der Waals surface area contributed by atoms with Gasteiger partial charge in [0.2, 0.25) is 10.0 Å². The van der Waals surface area contributed by atoms with Crippen molar-refractivity contribution in [1.29, 1.82) is 0 Å². The zero-order valence-electron chi connectivity index (χ0n) is 16.7. The van der Waals surface area contributed by atoms with E-state index >= 15 is 0 Å². The van der Waals surface area contributed by atoms with E-state index < -0.39 is 21.8 Å². The Morgan fingerprint density at radius 1 is 1.26 bits per heavy atom. The quantitative estimate of drug-likeness (QED) is 0.457. The molecule has 0 radical (unpaired) electrons. The van der Waals surface area contributed by atoms with Crippen LogP contribution in [-0.2, 0) is 30.9 Å². The van der Waals surface area contributed by atoms with Gasteiger partial charge in [0.25, 0.3) is 0 Å². The summed E-state index contributed by atoms with van der Waals surface area (Å²) in [5.74, 6) is -1.11. The third-order valence-electron chi connectivity index (χ3n) is 4.61. The Kier molecular flexibility index (Phi) is 7.66. The Bertz CT molecular complexity index is 1060. The number of benzene rings is 2. The molecule has 1 saturated heterocycles. The number of hydrogen-bond acceptors (Lipinski definition) is 6. The molecule has 3 rings (SSSR count). The van der Waals surface area contributed by atoms with E-state index in [1.54, 1.807) is 6.07 Å². The fraction of sp³-hybridized carbons (Fsp3) is 0.286. The summed E-state index contributed by atoms with van der Waals surface area (Å²) >= 11 is 5.91. The molecular formula is C21H21ClFNO6S. The first-order valence-electron chi connectivity index (χ1n) is 9.36. The summed E-state index contributed by atoms with van der Waals surface area (Å²) in [5.41, 5.74) is 0.530. The van der Waals surface area contributed by atoms with Crippen LogP contribution < -0.4 is 4.74 Å². The van der Waals surface area contributed by atoms with E-state index in [4.69, 9.17) is 25.8 Å². The van der Waals surface area contributed by atoms with Gasteiger partial charge in [-0.05, 0) is 35.9 Å². The van der Waals surface area contributed by atoms with Crippen molar-refractivity contribution in [2.45, 2.75) is 11.5 Å². The van der Waals surface area contributed by atoms with Crippen molar-refractivity contribution in [3.8, 4) is 5.75 Å². The molecule has 0 aliphatic carbocycles. The number of morpholine rings is 1. The SMILES string of the molecule is COc1ccc(C=CC(=O)OCc2c(F)cccc2Cl)cc1S(=O)(=O)N1CCOCC1. The van der Waals surface area contributed by atoms with Crippen molar-refractivity contribution in [2.75, 3.05) is 33.4 Å². The van der Waals surface area contributed by atoms with E-state index in [0.717, 1.165) is 6.08 Å². The van der Waals surface area contributed by atoms with E-state index in [0.29, 0.717) is 18.8 Å². The van der Waals surface area contributed by atoms with E-state index in [1.807, 2.05) is 0 Å². The Balaban J connectivity index is 1.75. The van der Waals surface area contributed by atoms with Crippen LogP contribution in [0.15, 0.2) is 47.4 Å².